The number of urea groups is 1. The Labute approximate surface area is 118 Å². The van der Waals surface area contributed by atoms with Gasteiger partial charge in [-0.25, -0.2) is 9.18 Å². The third-order valence-corrected chi connectivity index (χ3v) is 3.14. The molecule has 8 heteroatoms. The van der Waals surface area contributed by atoms with Gasteiger partial charge in [-0.1, -0.05) is 18.3 Å². The van der Waals surface area contributed by atoms with E-state index in [1.165, 1.54) is 13.1 Å². The standard InChI is InChI=1S/C12H10FN3O3S/c1-15-10(17)11(18)16(12(15)19)5-6-2-3-7(13)4-8(6)9(14)20/h2-4H,5H2,1H3,(H2,14,20). The highest BCUT2D eigenvalue weighted by atomic mass is 32.1. The van der Waals surface area contributed by atoms with Gasteiger partial charge in [0.15, 0.2) is 0 Å². The predicted octanol–water partition coefficient (Wildman–Crippen LogP) is 0.381. The third-order valence-electron chi connectivity index (χ3n) is 2.92. The molecule has 1 saturated heterocycles. The maximum atomic E-state index is 13.2. The highest BCUT2D eigenvalue weighted by Crippen LogP contribution is 2.18. The maximum absolute atomic E-state index is 13.2. The summed E-state index contributed by atoms with van der Waals surface area (Å²) in [7, 11) is 1.21. The lowest BCUT2D eigenvalue weighted by Crippen LogP contribution is -2.32. The monoisotopic (exact) mass is 295 g/mol. The summed E-state index contributed by atoms with van der Waals surface area (Å²) < 4.78 is 13.2. The highest BCUT2D eigenvalue weighted by Gasteiger charge is 2.42. The summed E-state index contributed by atoms with van der Waals surface area (Å²) in [5.74, 6) is -2.38. The van der Waals surface area contributed by atoms with Crippen LogP contribution >= 0.6 is 12.2 Å². The van der Waals surface area contributed by atoms with Crippen LogP contribution in [-0.4, -0.2) is 39.7 Å². The molecule has 1 aliphatic rings. The number of carbonyl (C=O) groups excluding carboxylic acids is 3. The van der Waals surface area contributed by atoms with Gasteiger partial charge in [-0.2, -0.15) is 0 Å². The number of nitrogens with two attached hydrogens (primary N) is 1. The third kappa shape index (κ3) is 2.25. The van der Waals surface area contributed by atoms with E-state index in [0.717, 1.165) is 17.0 Å². The van der Waals surface area contributed by atoms with E-state index in [-0.39, 0.29) is 17.1 Å². The van der Waals surface area contributed by atoms with Gasteiger partial charge < -0.3 is 5.73 Å². The van der Waals surface area contributed by atoms with Crippen LogP contribution in [0.1, 0.15) is 11.1 Å². The molecule has 0 spiro atoms. The minimum absolute atomic E-state index is 0.0572. The summed E-state index contributed by atoms with van der Waals surface area (Å²) in [5.41, 5.74) is 6.10. The summed E-state index contributed by atoms with van der Waals surface area (Å²) in [6.07, 6.45) is 0. The number of hydrogen-bond acceptors (Lipinski definition) is 4. The van der Waals surface area contributed by atoms with Gasteiger partial charge in [0.25, 0.3) is 0 Å². The van der Waals surface area contributed by atoms with Crippen LogP contribution < -0.4 is 5.73 Å². The Kier molecular flexibility index (Phi) is 3.49. The topological polar surface area (TPSA) is 83.7 Å². The molecule has 0 atom stereocenters. The highest BCUT2D eigenvalue weighted by molar-refractivity contribution is 7.80. The van der Waals surface area contributed by atoms with Crippen molar-refractivity contribution in [3.05, 3.63) is 35.1 Å². The fourth-order valence-electron chi connectivity index (χ4n) is 1.84. The van der Waals surface area contributed by atoms with Gasteiger partial charge >= 0.3 is 17.8 Å². The van der Waals surface area contributed by atoms with Crippen molar-refractivity contribution in [3.8, 4) is 0 Å². The van der Waals surface area contributed by atoms with Crippen LogP contribution in [0.4, 0.5) is 9.18 Å². The molecule has 0 radical (unpaired) electrons. The van der Waals surface area contributed by atoms with Crippen LogP contribution in [0.3, 0.4) is 0 Å². The maximum Gasteiger partial charge on any atom is 0.334 e. The Morgan fingerprint density at radius 2 is 1.95 bits per heavy atom. The minimum atomic E-state index is -0.935. The zero-order valence-corrected chi connectivity index (χ0v) is 11.2. The summed E-state index contributed by atoms with van der Waals surface area (Å²) in [6, 6.07) is 2.91. The zero-order chi connectivity index (χ0) is 15.0. The minimum Gasteiger partial charge on any atom is -0.389 e. The Morgan fingerprint density at radius 1 is 1.30 bits per heavy atom. The summed E-state index contributed by atoms with van der Waals surface area (Å²) in [4.78, 5) is 36.2. The lowest BCUT2D eigenvalue weighted by Gasteiger charge is -2.15. The van der Waals surface area contributed by atoms with Crippen molar-refractivity contribution < 1.29 is 18.8 Å². The molecule has 0 bridgehead atoms. The second-order valence-electron chi connectivity index (χ2n) is 4.20. The Balaban J connectivity index is 2.36. The van der Waals surface area contributed by atoms with Gasteiger partial charge in [-0.15, -0.1) is 0 Å². The fourth-order valence-corrected chi connectivity index (χ4v) is 2.03. The number of rotatable bonds is 3. The van der Waals surface area contributed by atoms with E-state index in [2.05, 4.69) is 0 Å². The van der Waals surface area contributed by atoms with E-state index in [1.807, 2.05) is 0 Å². The zero-order valence-electron chi connectivity index (χ0n) is 10.4. The number of imide groups is 2. The van der Waals surface area contributed by atoms with Crippen molar-refractivity contribution in [2.45, 2.75) is 6.54 Å². The number of benzene rings is 1. The Bertz CT molecular complexity index is 647. The lowest BCUT2D eigenvalue weighted by molar-refractivity contribution is -0.143. The number of amides is 4. The molecule has 0 aliphatic carbocycles. The molecule has 20 heavy (non-hydrogen) atoms. The van der Waals surface area contributed by atoms with Crippen molar-refractivity contribution in [1.29, 1.82) is 0 Å². The first-order valence-electron chi connectivity index (χ1n) is 5.54. The number of halogens is 1. The molecule has 0 saturated carbocycles. The van der Waals surface area contributed by atoms with E-state index >= 15 is 0 Å². The average Bonchev–Trinajstić information content (AvgIpc) is 2.58. The van der Waals surface area contributed by atoms with Gasteiger partial charge in [0, 0.05) is 12.6 Å². The lowest BCUT2D eigenvalue weighted by atomic mass is 10.1. The summed E-state index contributed by atoms with van der Waals surface area (Å²) in [6.45, 7) is -0.194. The molecule has 1 heterocycles. The van der Waals surface area contributed by atoms with Crippen LogP contribution in [0.25, 0.3) is 0 Å². The van der Waals surface area contributed by atoms with E-state index in [4.69, 9.17) is 18.0 Å². The van der Waals surface area contributed by atoms with Gasteiger partial charge in [0.05, 0.1) is 6.54 Å². The summed E-state index contributed by atoms with van der Waals surface area (Å²) in [5, 5.41) is 0. The van der Waals surface area contributed by atoms with Crippen molar-refractivity contribution >= 4 is 35.1 Å². The normalized spacial score (nSPS) is 15.2. The van der Waals surface area contributed by atoms with Crippen molar-refractivity contribution in [2.24, 2.45) is 5.73 Å². The molecule has 2 N–H and O–H groups in total. The largest absolute Gasteiger partial charge is 0.389 e. The molecular formula is C12H10FN3O3S. The molecule has 1 aliphatic heterocycles. The van der Waals surface area contributed by atoms with Gasteiger partial charge in [0.1, 0.15) is 10.8 Å². The molecule has 6 nitrogen and oxygen atoms in total. The predicted molar refractivity (Wildman–Crippen MR) is 71.0 cm³/mol. The fraction of sp³-hybridized carbons (Fsp3) is 0.167. The number of hydrogen-bond donors (Lipinski definition) is 1. The summed E-state index contributed by atoms with van der Waals surface area (Å²) >= 11 is 4.80. The van der Waals surface area contributed by atoms with E-state index < -0.39 is 23.7 Å². The van der Waals surface area contributed by atoms with Crippen LogP contribution in [0.2, 0.25) is 0 Å². The van der Waals surface area contributed by atoms with Gasteiger partial charge in [-0.05, 0) is 17.7 Å². The second kappa shape index (κ2) is 4.97. The average molecular weight is 295 g/mol. The van der Waals surface area contributed by atoms with Crippen molar-refractivity contribution in [1.82, 2.24) is 9.80 Å². The smallest absolute Gasteiger partial charge is 0.334 e. The molecule has 1 fully saturated rings. The molecule has 4 amide bonds. The van der Waals surface area contributed by atoms with Crippen LogP contribution in [0.15, 0.2) is 18.2 Å². The first kappa shape index (κ1) is 14.1. The molecule has 0 aromatic heterocycles. The molecule has 1 aromatic rings. The quantitative estimate of drug-likeness (QED) is 0.495. The van der Waals surface area contributed by atoms with Gasteiger partial charge in [-0.3, -0.25) is 19.4 Å². The first-order valence-corrected chi connectivity index (χ1v) is 5.95. The number of likely N-dealkylation sites (N-methyl/N-ethyl adjacent to an activating group) is 1. The number of thiocarbonyl (C=S) groups is 1. The second-order valence-corrected chi connectivity index (χ2v) is 4.64. The molecule has 1 aromatic carbocycles. The van der Waals surface area contributed by atoms with E-state index in [9.17, 15) is 18.8 Å². The van der Waals surface area contributed by atoms with E-state index in [1.54, 1.807) is 0 Å². The van der Waals surface area contributed by atoms with Crippen molar-refractivity contribution in [2.75, 3.05) is 7.05 Å². The number of carbonyl (C=O) groups is 3. The first-order chi connectivity index (χ1) is 9.32. The van der Waals surface area contributed by atoms with Crippen molar-refractivity contribution in [3.63, 3.8) is 0 Å². The molecule has 104 valence electrons. The van der Waals surface area contributed by atoms with Crippen LogP contribution in [-0.2, 0) is 16.1 Å². The number of nitrogens with zero attached hydrogens (tertiary/aromatic N) is 2. The van der Waals surface area contributed by atoms with Crippen LogP contribution in [0.5, 0.6) is 0 Å². The van der Waals surface area contributed by atoms with Gasteiger partial charge in [0.2, 0.25) is 0 Å². The Hall–Kier alpha value is -2.35. The SMILES string of the molecule is CN1C(=O)C(=O)N(Cc2ccc(F)cc2C(N)=S)C1=O. The van der Waals surface area contributed by atoms with E-state index in [0.29, 0.717) is 10.5 Å². The molecule has 2 rings (SSSR count). The molecular weight excluding hydrogens is 285 g/mol. The van der Waals surface area contributed by atoms with Crippen LogP contribution in [0, 0.1) is 5.82 Å². The Morgan fingerprint density at radius 3 is 2.45 bits per heavy atom. The molecule has 0 unspecified atom stereocenters.